The van der Waals surface area contributed by atoms with Crippen molar-refractivity contribution in [3.8, 4) is 0 Å². The zero-order valence-corrected chi connectivity index (χ0v) is 9.51. The van der Waals surface area contributed by atoms with Crippen LogP contribution in [0.4, 0.5) is 0 Å². The lowest BCUT2D eigenvalue weighted by molar-refractivity contribution is 0.831. The topological polar surface area (TPSA) is 24.1 Å². The molecule has 0 aliphatic carbocycles. The van der Waals surface area contributed by atoms with Crippen molar-refractivity contribution >= 4 is 25.3 Å². The second-order valence-electron chi connectivity index (χ2n) is 2.58. The van der Waals surface area contributed by atoms with Crippen molar-refractivity contribution in [1.29, 1.82) is 0 Å². The SMILES string of the molecule is CNC/C(CS)=C(/CS)CNC. The van der Waals surface area contributed by atoms with E-state index in [9.17, 15) is 0 Å². The molecule has 0 saturated heterocycles. The van der Waals surface area contributed by atoms with Crippen molar-refractivity contribution in [2.24, 2.45) is 0 Å². The fourth-order valence-corrected chi connectivity index (χ4v) is 1.68. The Morgan fingerprint density at radius 2 is 1.25 bits per heavy atom. The molecule has 0 spiro atoms. The average molecular weight is 206 g/mol. The molecule has 0 aromatic rings. The summed E-state index contributed by atoms with van der Waals surface area (Å²) in [5.41, 5.74) is 2.68. The Hall–Kier alpha value is 0.360. The molecule has 0 aliphatic heterocycles. The molecule has 0 heterocycles. The van der Waals surface area contributed by atoms with Gasteiger partial charge in [0.25, 0.3) is 0 Å². The highest BCUT2D eigenvalue weighted by Gasteiger charge is 2.01. The molecular weight excluding hydrogens is 188 g/mol. The number of thiol groups is 2. The van der Waals surface area contributed by atoms with Crippen LogP contribution in [0, 0.1) is 0 Å². The zero-order chi connectivity index (χ0) is 9.40. The van der Waals surface area contributed by atoms with E-state index in [0.717, 1.165) is 24.6 Å². The largest absolute Gasteiger partial charge is 0.316 e. The van der Waals surface area contributed by atoms with Crippen LogP contribution in [0.15, 0.2) is 11.1 Å². The van der Waals surface area contributed by atoms with Crippen LogP contribution >= 0.6 is 25.3 Å². The highest BCUT2D eigenvalue weighted by atomic mass is 32.1. The number of nitrogens with one attached hydrogen (secondary N) is 2. The van der Waals surface area contributed by atoms with Crippen molar-refractivity contribution in [2.45, 2.75) is 0 Å². The van der Waals surface area contributed by atoms with Crippen molar-refractivity contribution in [3.05, 3.63) is 11.1 Å². The standard InChI is InChI=1S/C8H18N2S2/c1-9-3-7(5-11)8(6-12)4-10-2/h9-12H,3-6H2,1-2H3/b8-7-. The second-order valence-corrected chi connectivity index (χ2v) is 3.22. The van der Waals surface area contributed by atoms with E-state index in [-0.39, 0.29) is 0 Å². The van der Waals surface area contributed by atoms with Crippen LogP contribution in [-0.4, -0.2) is 38.7 Å². The van der Waals surface area contributed by atoms with E-state index in [2.05, 4.69) is 35.9 Å². The number of hydrogen-bond acceptors (Lipinski definition) is 4. The number of rotatable bonds is 6. The molecule has 0 aromatic carbocycles. The number of hydrogen-bond donors (Lipinski definition) is 4. The Morgan fingerprint density at radius 3 is 1.42 bits per heavy atom. The van der Waals surface area contributed by atoms with E-state index in [4.69, 9.17) is 0 Å². The highest BCUT2D eigenvalue weighted by Crippen LogP contribution is 2.06. The maximum Gasteiger partial charge on any atom is 0.0173 e. The minimum Gasteiger partial charge on any atom is -0.316 e. The Kier molecular flexibility index (Phi) is 8.22. The fourth-order valence-electron chi connectivity index (χ4n) is 1.01. The molecule has 0 amide bonds. The van der Waals surface area contributed by atoms with Crippen LogP contribution in [0.5, 0.6) is 0 Å². The summed E-state index contributed by atoms with van der Waals surface area (Å²) in [6, 6.07) is 0. The maximum atomic E-state index is 4.28. The third-order valence-electron chi connectivity index (χ3n) is 1.66. The van der Waals surface area contributed by atoms with E-state index < -0.39 is 0 Å². The van der Waals surface area contributed by atoms with Gasteiger partial charge in [-0.1, -0.05) is 0 Å². The van der Waals surface area contributed by atoms with Gasteiger partial charge < -0.3 is 10.6 Å². The van der Waals surface area contributed by atoms with Crippen LogP contribution in [0.1, 0.15) is 0 Å². The maximum absolute atomic E-state index is 4.28. The molecule has 72 valence electrons. The lowest BCUT2D eigenvalue weighted by Crippen LogP contribution is -2.19. The molecule has 2 N–H and O–H groups in total. The summed E-state index contributed by atoms with van der Waals surface area (Å²) in [6.45, 7) is 1.81. The smallest absolute Gasteiger partial charge is 0.0173 e. The summed E-state index contributed by atoms with van der Waals surface area (Å²) in [7, 11) is 3.89. The average Bonchev–Trinajstić information content (AvgIpc) is 2.11. The van der Waals surface area contributed by atoms with Crippen LogP contribution in [0.2, 0.25) is 0 Å². The lowest BCUT2D eigenvalue weighted by atomic mass is 10.1. The molecule has 2 nitrogen and oxygen atoms in total. The van der Waals surface area contributed by atoms with Gasteiger partial charge in [0.05, 0.1) is 0 Å². The van der Waals surface area contributed by atoms with Gasteiger partial charge in [0.2, 0.25) is 0 Å². The molecule has 0 fully saturated rings. The first-order chi connectivity index (χ1) is 5.79. The van der Waals surface area contributed by atoms with Crippen molar-refractivity contribution < 1.29 is 0 Å². The third kappa shape index (κ3) is 4.40. The third-order valence-corrected chi connectivity index (χ3v) is 2.43. The molecule has 0 atom stereocenters. The summed E-state index contributed by atoms with van der Waals surface area (Å²) in [5.74, 6) is 1.61. The first-order valence-corrected chi connectivity index (χ1v) is 5.27. The van der Waals surface area contributed by atoms with Gasteiger partial charge in [-0.3, -0.25) is 0 Å². The Bertz CT molecular complexity index is 130. The molecule has 0 unspecified atom stereocenters. The summed E-state index contributed by atoms with van der Waals surface area (Å²) >= 11 is 8.55. The number of likely N-dealkylation sites (N-methyl/N-ethyl adjacent to an activating group) is 2. The molecular formula is C8H18N2S2. The monoisotopic (exact) mass is 206 g/mol. The van der Waals surface area contributed by atoms with Gasteiger partial charge in [-0.15, -0.1) is 0 Å². The van der Waals surface area contributed by atoms with Gasteiger partial charge in [0.15, 0.2) is 0 Å². The normalized spacial score (nSPS) is 13.0. The molecule has 0 saturated carbocycles. The van der Waals surface area contributed by atoms with Gasteiger partial charge in [0.1, 0.15) is 0 Å². The minimum atomic E-state index is 0.804. The van der Waals surface area contributed by atoms with Gasteiger partial charge in [-0.2, -0.15) is 25.3 Å². The highest BCUT2D eigenvalue weighted by molar-refractivity contribution is 7.80. The molecule has 4 heteroatoms. The summed E-state index contributed by atoms with van der Waals surface area (Å²) in [6.07, 6.45) is 0. The van der Waals surface area contributed by atoms with Crippen LogP contribution in [-0.2, 0) is 0 Å². The van der Waals surface area contributed by atoms with Gasteiger partial charge in [-0.05, 0) is 25.2 Å². The Morgan fingerprint density at radius 1 is 0.917 bits per heavy atom. The van der Waals surface area contributed by atoms with Crippen molar-refractivity contribution in [2.75, 3.05) is 38.7 Å². The zero-order valence-electron chi connectivity index (χ0n) is 7.72. The molecule has 0 aromatic heterocycles. The predicted molar refractivity (Wildman–Crippen MR) is 62.6 cm³/mol. The van der Waals surface area contributed by atoms with Crippen LogP contribution in [0.3, 0.4) is 0 Å². The van der Waals surface area contributed by atoms with E-state index in [1.807, 2.05) is 14.1 Å². The molecule has 0 radical (unpaired) electrons. The van der Waals surface area contributed by atoms with E-state index in [0.29, 0.717) is 0 Å². The van der Waals surface area contributed by atoms with E-state index in [1.54, 1.807) is 0 Å². The fraction of sp³-hybridized carbons (Fsp3) is 0.750. The first-order valence-electron chi connectivity index (χ1n) is 4.00. The minimum absolute atomic E-state index is 0.804. The van der Waals surface area contributed by atoms with E-state index >= 15 is 0 Å². The molecule has 0 aliphatic rings. The first kappa shape index (κ1) is 12.4. The van der Waals surface area contributed by atoms with Gasteiger partial charge in [0, 0.05) is 24.6 Å². The Balaban J connectivity index is 4.26. The van der Waals surface area contributed by atoms with Gasteiger partial charge in [-0.25, -0.2) is 0 Å². The summed E-state index contributed by atoms with van der Waals surface area (Å²) < 4.78 is 0. The molecule has 0 bridgehead atoms. The summed E-state index contributed by atoms with van der Waals surface area (Å²) in [4.78, 5) is 0. The van der Waals surface area contributed by atoms with E-state index in [1.165, 1.54) is 11.1 Å². The quantitative estimate of drug-likeness (QED) is 0.378. The van der Waals surface area contributed by atoms with Crippen molar-refractivity contribution in [1.82, 2.24) is 10.6 Å². The predicted octanol–water partition coefficient (Wildman–Crippen LogP) is 0.581. The molecule has 0 rings (SSSR count). The summed E-state index contributed by atoms with van der Waals surface area (Å²) in [5, 5.41) is 6.25. The Labute approximate surface area is 86.0 Å². The lowest BCUT2D eigenvalue weighted by Gasteiger charge is -2.11. The molecule has 12 heavy (non-hydrogen) atoms. The van der Waals surface area contributed by atoms with Gasteiger partial charge >= 0.3 is 0 Å². The van der Waals surface area contributed by atoms with Crippen molar-refractivity contribution in [3.63, 3.8) is 0 Å². The second kappa shape index (κ2) is 7.98. The van der Waals surface area contributed by atoms with Crippen LogP contribution < -0.4 is 10.6 Å². The van der Waals surface area contributed by atoms with Crippen LogP contribution in [0.25, 0.3) is 0 Å².